The Morgan fingerprint density at radius 2 is 1.81 bits per heavy atom. The lowest BCUT2D eigenvalue weighted by atomic mass is 10.1. The van der Waals surface area contributed by atoms with Gasteiger partial charge < -0.3 is 9.47 Å². The molecule has 2 rings (SSSR count). The van der Waals surface area contributed by atoms with Gasteiger partial charge in [0.25, 0.3) is 0 Å². The van der Waals surface area contributed by atoms with E-state index < -0.39 is 11.7 Å². The lowest BCUT2D eigenvalue weighted by Gasteiger charge is -2.20. The number of anilines is 1. The van der Waals surface area contributed by atoms with Crippen LogP contribution in [-0.4, -0.2) is 28.3 Å². The van der Waals surface area contributed by atoms with Gasteiger partial charge in [-0.05, 0) is 65.3 Å². The van der Waals surface area contributed by atoms with Gasteiger partial charge in [0.15, 0.2) is 5.82 Å². The van der Waals surface area contributed by atoms with Crippen molar-refractivity contribution in [2.45, 2.75) is 67.4 Å². The Morgan fingerprint density at radius 1 is 1.14 bits per heavy atom. The number of halogens is 1. The van der Waals surface area contributed by atoms with Crippen LogP contribution in [0, 0.1) is 11.8 Å². The van der Waals surface area contributed by atoms with Crippen molar-refractivity contribution >= 4 is 29.6 Å². The highest BCUT2D eigenvalue weighted by Crippen LogP contribution is 2.28. The van der Waals surface area contributed by atoms with Crippen LogP contribution >= 0.6 is 11.6 Å². The number of amides is 1. The average Bonchev–Trinajstić information content (AvgIpc) is 2.85. The van der Waals surface area contributed by atoms with Crippen molar-refractivity contribution in [2.75, 3.05) is 11.9 Å². The number of carbonyl (C=O) groups excluding carboxylic acids is 1. The van der Waals surface area contributed by atoms with Crippen LogP contribution in [0.4, 0.5) is 10.6 Å². The van der Waals surface area contributed by atoms with Crippen LogP contribution in [0.2, 0.25) is 5.15 Å². The molecule has 1 N–H and O–H groups in total. The molecule has 0 saturated heterocycles. The van der Waals surface area contributed by atoms with E-state index >= 15 is 0 Å². The van der Waals surface area contributed by atoms with Crippen LogP contribution in [0.3, 0.4) is 0 Å². The van der Waals surface area contributed by atoms with Gasteiger partial charge in [-0.15, -0.1) is 0 Å². The van der Waals surface area contributed by atoms with E-state index in [1.54, 1.807) is 32.9 Å². The van der Waals surface area contributed by atoms with Gasteiger partial charge in [0.05, 0.1) is 11.3 Å². The first-order valence-electron chi connectivity index (χ1n) is 12.3. The molecule has 1 aromatic carbocycles. The van der Waals surface area contributed by atoms with E-state index in [-0.39, 0.29) is 11.0 Å². The summed E-state index contributed by atoms with van der Waals surface area (Å²) in [5.74, 6) is 7.36. The Hall–Kier alpha value is -3.56. The third-order valence-electron chi connectivity index (χ3n) is 4.31. The van der Waals surface area contributed by atoms with Gasteiger partial charge in [-0.2, -0.15) is 0 Å². The molecule has 0 aliphatic heterocycles. The number of ether oxygens (including phenoxy) is 2. The summed E-state index contributed by atoms with van der Waals surface area (Å²) in [5, 5.41) is 2.92. The van der Waals surface area contributed by atoms with Crippen molar-refractivity contribution in [3.05, 3.63) is 70.6 Å². The van der Waals surface area contributed by atoms with Gasteiger partial charge in [-0.25, -0.2) is 14.8 Å². The molecule has 1 amide bonds. The van der Waals surface area contributed by atoms with E-state index in [0.717, 1.165) is 16.9 Å². The predicted molar refractivity (Wildman–Crippen MR) is 154 cm³/mol. The summed E-state index contributed by atoms with van der Waals surface area (Å²) in [7, 11) is 0. The van der Waals surface area contributed by atoms with Crippen molar-refractivity contribution in [3.8, 4) is 23.2 Å². The van der Waals surface area contributed by atoms with Gasteiger partial charge in [0.2, 0.25) is 0 Å². The van der Waals surface area contributed by atoms with Gasteiger partial charge in [-0.3, -0.25) is 5.32 Å². The van der Waals surface area contributed by atoms with Crippen LogP contribution in [0.1, 0.15) is 67.4 Å². The zero-order chi connectivity index (χ0) is 27.8. The first-order chi connectivity index (χ1) is 17.6. The van der Waals surface area contributed by atoms with Crippen molar-refractivity contribution in [2.24, 2.45) is 0 Å². The number of hydrogen-bond donors (Lipinski definition) is 1. The number of allylic oxidation sites excluding steroid dienone is 4. The Balaban J connectivity index is 0.00000334. The summed E-state index contributed by atoms with van der Waals surface area (Å²) in [6, 6.07) is 9.40. The molecule has 37 heavy (non-hydrogen) atoms. The Morgan fingerprint density at radius 3 is 2.43 bits per heavy atom. The monoisotopic (exact) mass is 523 g/mol. The first-order valence-corrected chi connectivity index (χ1v) is 12.7. The Bertz CT molecular complexity index is 1170. The van der Waals surface area contributed by atoms with Gasteiger partial charge in [0, 0.05) is 12.0 Å². The van der Waals surface area contributed by atoms with E-state index in [1.807, 2.05) is 77.1 Å². The number of carbonyl (C=O) groups is 1. The van der Waals surface area contributed by atoms with Crippen molar-refractivity contribution in [1.29, 1.82) is 0 Å². The van der Waals surface area contributed by atoms with Crippen molar-refractivity contribution in [1.82, 2.24) is 9.97 Å². The molecule has 0 radical (unpaired) electrons. The van der Waals surface area contributed by atoms with Crippen molar-refractivity contribution in [3.63, 3.8) is 0 Å². The topological polar surface area (TPSA) is 73.3 Å². The molecule has 7 heteroatoms. The van der Waals surface area contributed by atoms with Crippen molar-refractivity contribution < 1.29 is 14.3 Å². The zero-order valence-electron chi connectivity index (χ0n) is 23.1. The third kappa shape index (κ3) is 12.3. The van der Waals surface area contributed by atoms with E-state index in [9.17, 15) is 4.79 Å². The molecule has 0 spiro atoms. The quantitative estimate of drug-likeness (QED) is 0.224. The smallest absolute Gasteiger partial charge is 0.413 e. The second-order valence-corrected chi connectivity index (χ2v) is 9.07. The van der Waals surface area contributed by atoms with E-state index in [1.165, 1.54) is 0 Å². The summed E-state index contributed by atoms with van der Waals surface area (Å²) in [5.41, 5.74) is 1.44. The molecule has 0 fully saturated rings. The van der Waals surface area contributed by atoms with Crippen LogP contribution < -0.4 is 5.32 Å². The minimum absolute atomic E-state index is 0.204. The average molecular weight is 524 g/mol. The number of nitrogens with zero attached hydrogens (tertiary/aromatic N) is 2. The number of benzene rings is 1. The summed E-state index contributed by atoms with van der Waals surface area (Å²) in [6.07, 6.45) is 7.37. The predicted octanol–water partition coefficient (Wildman–Crippen LogP) is 8.46. The molecule has 0 aliphatic carbocycles. The molecule has 6 nitrogen and oxygen atoms in total. The SMILES string of the molecule is C/C=C\C#CC/C=C(\C)OC/C(C)=C/c1c(Cl)nc(-c2ccccc2)nc1NC(=O)OC(C)(C)C.CC. The second-order valence-electron chi connectivity index (χ2n) is 8.71. The first kappa shape index (κ1) is 31.5. The highest BCUT2D eigenvalue weighted by Gasteiger charge is 2.20. The van der Waals surface area contributed by atoms with E-state index in [0.29, 0.717) is 24.4 Å². The second kappa shape index (κ2) is 16.2. The molecule has 198 valence electrons. The van der Waals surface area contributed by atoms with Crippen LogP contribution in [-0.2, 0) is 9.47 Å². The maximum absolute atomic E-state index is 12.5. The summed E-state index contributed by atoms with van der Waals surface area (Å²) < 4.78 is 11.2. The van der Waals surface area contributed by atoms with Gasteiger partial charge in [0.1, 0.15) is 23.2 Å². The molecule has 2 aromatic rings. The largest absolute Gasteiger partial charge is 0.494 e. The molecular formula is C30H38ClN3O3. The molecule has 0 aliphatic rings. The maximum atomic E-state index is 12.5. The fraction of sp³-hybridized carbons (Fsp3) is 0.367. The lowest BCUT2D eigenvalue weighted by molar-refractivity contribution is 0.0635. The molecule has 1 aromatic heterocycles. The summed E-state index contributed by atoms with van der Waals surface area (Å²) in [4.78, 5) is 21.5. The lowest BCUT2D eigenvalue weighted by Crippen LogP contribution is -2.28. The highest BCUT2D eigenvalue weighted by molar-refractivity contribution is 6.31. The fourth-order valence-corrected chi connectivity index (χ4v) is 2.98. The molecular weight excluding hydrogens is 486 g/mol. The summed E-state index contributed by atoms with van der Waals surface area (Å²) in [6.45, 7) is 15.4. The van der Waals surface area contributed by atoms with Crippen LogP contribution in [0.15, 0.2) is 59.9 Å². The zero-order valence-corrected chi connectivity index (χ0v) is 23.9. The highest BCUT2D eigenvalue weighted by atomic mass is 35.5. The fourth-order valence-electron chi connectivity index (χ4n) is 2.75. The molecule has 0 atom stereocenters. The molecule has 0 saturated carbocycles. The minimum atomic E-state index is -0.663. The Kier molecular flexibility index (Phi) is 13.8. The minimum Gasteiger partial charge on any atom is -0.494 e. The van der Waals surface area contributed by atoms with Gasteiger partial charge in [-0.1, -0.05) is 73.7 Å². The number of aromatic nitrogens is 2. The Labute approximate surface area is 226 Å². The van der Waals surface area contributed by atoms with E-state index in [4.69, 9.17) is 21.1 Å². The molecule has 0 bridgehead atoms. The summed E-state index contributed by atoms with van der Waals surface area (Å²) >= 11 is 6.56. The van der Waals surface area contributed by atoms with Gasteiger partial charge >= 0.3 is 6.09 Å². The van der Waals surface area contributed by atoms with Crippen LogP contribution in [0.5, 0.6) is 0 Å². The normalized spacial score (nSPS) is 11.7. The van der Waals surface area contributed by atoms with E-state index in [2.05, 4.69) is 27.1 Å². The van der Waals surface area contributed by atoms with Crippen LogP contribution in [0.25, 0.3) is 17.5 Å². The standard InChI is InChI=1S/C28H32ClN3O3.C2H6/c1-7-8-9-10-12-15-21(3)34-19-20(2)18-23-24(29)30-25(22-16-13-11-14-17-22)31-26(23)32-27(33)35-28(4,5)6;1-2/h7-8,11,13-18H,12,19H2,1-6H3,(H,30,31,32,33);1-2H3/b8-7-,20-18+,21-15+;. The maximum Gasteiger partial charge on any atom is 0.413 e. The third-order valence-corrected chi connectivity index (χ3v) is 4.60. The molecule has 1 heterocycles. The number of hydrogen-bond acceptors (Lipinski definition) is 5. The number of nitrogens with one attached hydrogen (secondary N) is 1. The number of rotatable bonds is 7. The molecule has 0 unspecified atom stereocenters.